The van der Waals surface area contributed by atoms with Gasteiger partial charge in [-0.2, -0.15) is 0 Å². The number of non-ortho nitro benzene ring substituents is 1. The molecule has 2 aromatic rings. The Morgan fingerprint density at radius 3 is 2.75 bits per heavy atom. The predicted molar refractivity (Wildman–Crippen MR) is 77.4 cm³/mol. The zero-order chi connectivity index (χ0) is 14.1. The number of hydrogen-bond donors (Lipinski definition) is 1. The third-order valence-corrected chi connectivity index (χ3v) is 4.02. The first kappa shape index (κ1) is 12.8. The highest BCUT2D eigenvalue weighted by Gasteiger charge is 2.29. The van der Waals surface area contributed by atoms with Gasteiger partial charge in [-0.15, -0.1) is 0 Å². The van der Waals surface area contributed by atoms with E-state index in [9.17, 15) is 10.1 Å². The molecule has 0 aliphatic heterocycles. The number of nitro groups is 1. The van der Waals surface area contributed by atoms with Crippen LogP contribution in [0.15, 0.2) is 48.5 Å². The molecule has 2 N–H and O–H groups in total. The summed E-state index contributed by atoms with van der Waals surface area (Å²) in [6.45, 7) is 0. The van der Waals surface area contributed by atoms with E-state index in [4.69, 9.17) is 5.73 Å². The fourth-order valence-corrected chi connectivity index (χ4v) is 3.01. The molecular formula is C16H16N2O2. The van der Waals surface area contributed by atoms with Crippen molar-refractivity contribution in [1.82, 2.24) is 0 Å². The van der Waals surface area contributed by atoms with Gasteiger partial charge in [-0.05, 0) is 35.4 Å². The number of benzene rings is 2. The third kappa shape index (κ3) is 2.30. The molecule has 0 aromatic heterocycles. The molecule has 2 aromatic carbocycles. The van der Waals surface area contributed by atoms with E-state index in [-0.39, 0.29) is 16.7 Å². The van der Waals surface area contributed by atoms with E-state index in [1.54, 1.807) is 12.1 Å². The second kappa shape index (κ2) is 5.06. The van der Waals surface area contributed by atoms with Gasteiger partial charge in [-0.1, -0.05) is 36.4 Å². The molecule has 20 heavy (non-hydrogen) atoms. The molecule has 0 saturated carbocycles. The van der Waals surface area contributed by atoms with Crippen LogP contribution in [0.3, 0.4) is 0 Å². The highest BCUT2D eigenvalue weighted by Crippen LogP contribution is 2.36. The summed E-state index contributed by atoms with van der Waals surface area (Å²) in [7, 11) is 0. The Labute approximate surface area is 117 Å². The molecule has 0 heterocycles. The van der Waals surface area contributed by atoms with Crippen molar-refractivity contribution >= 4 is 5.69 Å². The van der Waals surface area contributed by atoms with Crippen LogP contribution in [0.5, 0.6) is 0 Å². The minimum atomic E-state index is -0.354. The van der Waals surface area contributed by atoms with E-state index in [0.29, 0.717) is 5.92 Å². The summed E-state index contributed by atoms with van der Waals surface area (Å²) in [5.41, 5.74) is 9.94. The molecule has 0 saturated heterocycles. The largest absolute Gasteiger partial charge is 0.324 e. The van der Waals surface area contributed by atoms with E-state index in [2.05, 4.69) is 12.1 Å². The summed E-state index contributed by atoms with van der Waals surface area (Å²) in [6.07, 6.45) is 1.72. The molecule has 4 heteroatoms. The summed E-state index contributed by atoms with van der Waals surface area (Å²) < 4.78 is 0. The first-order valence-electron chi connectivity index (χ1n) is 6.72. The molecule has 1 aliphatic carbocycles. The van der Waals surface area contributed by atoms with Gasteiger partial charge in [-0.3, -0.25) is 10.1 Å². The topological polar surface area (TPSA) is 69.2 Å². The second-order valence-corrected chi connectivity index (χ2v) is 5.32. The summed E-state index contributed by atoms with van der Waals surface area (Å²) in [4.78, 5) is 10.5. The lowest BCUT2D eigenvalue weighted by molar-refractivity contribution is -0.384. The fourth-order valence-electron chi connectivity index (χ4n) is 3.01. The average Bonchev–Trinajstić information content (AvgIpc) is 2.76. The lowest BCUT2D eigenvalue weighted by Gasteiger charge is -2.15. The Kier molecular flexibility index (Phi) is 3.24. The number of nitrogens with two attached hydrogens (primary N) is 1. The molecule has 0 bridgehead atoms. The molecular weight excluding hydrogens is 252 g/mol. The number of hydrogen-bond acceptors (Lipinski definition) is 3. The van der Waals surface area contributed by atoms with E-state index in [1.165, 1.54) is 17.2 Å². The Hall–Kier alpha value is -2.20. The lowest BCUT2D eigenvalue weighted by Crippen LogP contribution is -2.18. The molecule has 0 amide bonds. The third-order valence-electron chi connectivity index (χ3n) is 4.02. The fraction of sp³-hybridized carbons (Fsp3) is 0.250. The quantitative estimate of drug-likeness (QED) is 0.687. The zero-order valence-electron chi connectivity index (χ0n) is 11.0. The maximum atomic E-state index is 10.8. The minimum absolute atomic E-state index is 0.0189. The summed E-state index contributed by atoms with van der Waals surface area (Å²) in [5.74, 6) is 0.314. The Morgan fingerprint density at radius 1 is 1.20 bits per heavy atom. The van der Waals surface area contributed by atoms with E-state index < -0.39 is 0 Å². The Morgan fingerprint density at radius 2 is 2.00 bits per heavy atom. The van der Waals surface area contributed by atoms with Crippen LogP contribution in [0.1, 0.15) is 22.7 Å². The van der Waals surface area contributed by atoms with Gasteiger partial charge < -0.3 is 5.73 Å². The standard InChI is InChI=1S/C16H16N2O2/c17-16-13(10-12-5-1-2-7-15(12)16)8-11-4-3-6-14(9-11)18(19)20/h1-7,9,13,16H,8,10,17H2. The van der Waals surface area contributed by atoms with Gasteiger partial charge in [0.2, 0.25) is 0 Å². The van der Waals surface area contributed by atoms with Gasteiger partial charge in [0.05, 0.1) is 4.92 Å². The molecule has 3 rings (SSSR count). The van der Waals surface area contributed by atoms with Crippen LogP contribution in [-0.4, -0.2) is 4.92 Å². The van der Waals surface area contributed by atoms with E-state index >= 15 is 0 Å². The summed E-state index contributed by atoms with van der Waals surface area (Å²) in [6, 6.07) is 15.1. The van der Waals surface area contributed by atoms with E-state index in [0.717, 1.165) is 18.4 Å². The maximum absolute atomic E-state index is 10.8. The number of rotatable bonds is 3. The van der Waals surface area contributed by atoms with Gasteiger partial charge in [0.15, 0.2) is 0 Å². The van der Waals surface area contributed by atoms with Crippen molar-refractivity contribution in [2.24, 2.45) is 11.7 Å². The van der Waals surface area contributed by atoms with Crippen LogP contribution in [0.4, 0.5) is 5.69 Å². The highest BCUT2D eigenvalue weighted by molar-refractivity contribution is 5.38. The smallest absolute Gasteiger partial charge is 0.269 e. The number of fused-ring (bicyclic) bond motifs is 1. The molecule has 1 aliphatic rings. The van der Waals surface area contributed by atoms with Crippen LogP contribution < -0.4 is 5.73 Å². The van der Waals surface area contributed by atoms with Crippen LogP contribution in [0.2, 0.25) is 0 Å². The van der Waals surface area contributed by atoms with Gasteiger partial charge in [0, 0.05) is 18.2 Å². The normalized spacial score (nSPS) is 20.6. The zero-order valence-corrected chi connectivity index (χ0v) is 11.0. The van der Waals surface area contributed by atoms with Crippen molar-refractivity contribution in [3.8, 4) is 0 Å². The van der Waals surface area contributed by atoms with Gasteiger partial charge in [0.1, 0.15) is 0 Å². The molecule has 0 spiro atoms. The van der Waals surface area contributed by atoms with Crippen molar-refractivity contribution < 1.29 is 4.92 Å². The number of nitrogens with zero attached hydrogens (tertiary/aromatic N) is 1. The van der Waals surface area contributed by atoms with Crippen molar-refractivity contribution in [2.45, 2.75) is 18.9 Å². The average molecular weight is 268 g/mol. The first-order valence-corrected chi connectivity index (χ1v) is 6.72. The minimum Gasteiger partial charge on any atom is -0.324 e. The van der Waals surface area contributed by atoms with Crippen molar-refractivity contribution in [2.75, 3.05) is 0 Å². The maximum Gasteiger partial charge on any atom is 0.269 e. The first-order chi connectivity index (χ1) is 9.65. The van der Waals surface area contributed by atoms with Gasteiger partial charge >= 0.3 is 0 Å². The summed E-state index contributed by atoms with van der Waals surface area (Å²) in [5, 5.41) is 10.8. The molecule has 2 atom stereocenters. The molecule has 0 fully saturated rings. The van der Waals surface area contributed by atoms with Crippen molar-refractivity contribution in [3.05, 3.63) is 75.3 Å². The van der Waals surface area contributed by atoms with Crippen molar-refractivity contribution in [1.29, 1.82) is 0 Å². The Bertz CT molecular complexity index is 654. The monoisotopic (exact) mass is 268 g/mol. The molecule has 102 valence electrons. The second-order valence-electron chi connectivity index (χ2n) is 5.32. The summed E-state index contributed by atoms with van der Waals surface area (Å²) >= 11 is 0. The number of nitro benzene ring substituents is 1. The predicted octanol–water partition coefficient (Wildman–Crippen LogP) is 3.01. The molecule has 4 nitrogen and oxygen atoms in total. The van der Waals surface area contributed by atoms with Gasteiger partial charge in [0.25, 0.3) is 5.69 Å². The van der Waals surface area contributed by atoms with Crippen LogP contribution in [0.25, 0.3) is 0 Å². The SMILES string of the molecule is NC1c2ccccc2CC1Cc1cccc([N+](=O)[O-])c1. The van der Waals surface area contributed by atoms with Crippen LogP contribution >= 0.6 is 0 Å². The Balaban J connectivity index is 1.80. The van der Waals surface area contributed by atoms with Gasteiger partial charge in [-0.25, -0.2) is 0 Å². The lowest BCUT2D eigenvalue weighted by atomic mass is 9.93. The van der Waals surface area contributed by atoms with Crippen LogP contribution in [-0.2, 0) is 12.8 Å². The highest BCUT2D eigenvalue weighted by atomic mass is 16.6. The molecule has 2 unspecified atom stereocenters. The van der Waals surface area contributed by atoms with Crippen LogP contribution in [0, 0.1) is 16.0 Å². The van der Waals surface area contributed by atoms with Crippen molar-refractivity contribution in [3.63, 3.8) is 0 Å². The van der Waals surface area contributed by atoms with E-state index in [1.807, 2.05) is 18.2 Å². The molecule has 0 radical (unpaired) electrons.